The Kier molecular flexibility index (Phi) is 6.50. The number of nitrogens with zero attached hydrogens (tertiary/aromatic N) is 3. The Morgan fingerprint density at radius 3 is 2.53 bits per heavy atom. The van der Waals surface area contributed by atoms with Gasteiger partial charge in [-0.1, -0.05) is 6.07 Å². The van der Waals surface area contributed by atoms with E-state index in [0.717, 1.165) is 0 Å². The van der Waals surface area contributed by atoms with Crippen LogP contribution >= 0.6 is 0 Å². The highest BCUT2D eigenvalue weighted by Crippen LogP contribution is 2.39. The molecule has 1 aliphatic rings. The molecule has 0 radical (unpaired) electrons. The van der Waals surface area contributed by atoms with E-state index in [4.69, 9.17) is 9.84 Å². The molecule has 1 aromatic heterocycles. The van der Waals surface area contributed by atoms with E-state index in [9.17, 15) is 24.8 Å². The molecule has 0 bridgehead atoms. The number of aliphatic hydroxyl groups excluding tert-OH is 2. The van der Waals surface area contributed by atoms with Crippen LogP contribution in [0.15, 0.2) is 54.4 Å². The molecule has 30 heavy (non-hydrogen) atoms. The van der Waals surface area contributed by atoms with Gasteiger partial charge in [0.15, 0.2) is 0 Å². The number of pyridine rings is 1. The Bertz CT molecular complexity index is 974. The number of hydrogen-bond donors (Lipinski definition) is 2. The molecule has 1 saturated heterocycles. The van der Waals surface area contributed by atoms with Crippen LogP contribution in [0.3, 0.4) is 0 Å². The van der Waals surface area contributed by atoms with Gasteiger partial charge in [-0.05, 0) is 23.8 Å². The maximum absolute atomic E-state index is 12.8. The lowest BCUT2D eigenvalue weighted by atomic mass is 9.96. The first-order chi connectivity index (χ1) is 14.5. The fourth-order valence-corrected chi connectivity index (χ4v) is 3.22. The van der Waals surface area contributed by atoms with Crippen LogP contribution in [0.2, 0.25) is 0 Å². The minimum absolute atomic E-state index is 0.0567. The van der Waals surface area contributed by atoms with Crippen molar-refractivity contribution in [2.24, 2.45) is 0 Å². The number of rotatable bonds is 8. The van der Waals surface area contributed by atoms with Crippen LogP contribution in [0.1, 0.15) is 17.2 Å². The quantitative estimate of drug-likeness (QED) is 0.165. The van der Waals surface area contributed by atoms with Crippen LogP contribution in [0.4, 0.5) is 5.69 Å². The standard InChI is InChI=1S/C20H19N3O7/c24-9-11-30-10-8-22-17(14-2-1-7-21-12-14)16(19(26)20(22)27)18(25)13-3-5-15(6-4-13)23(28)29/h1-7,12,17,24-25H,8-11H2/b18-16+/t17-/m0/s1. The second kappa shape index (κ2) is 9.25. The highest BCUT2D eigenvalue weighted by atomic mass is 16.6. The van der Waals surface area contributed by atoms with E-state index in [1.807, 2.05) is 0 Å². The maximum atomic E-state index is 12.8. The molecule has 10 nitrogen and oxygen atoms in total. The number of nitro benzene ring substituents is 1. The second-order valence-electron chi connectivity index (χ2n) is 6.42. The smallest absolute Gasteiger partial charge is 0.295 e. The van der Waals surface area contributed by atoms with Crippen LogP contribution in [0.5, 0.6) is 0 Å². The number of hydrogen-bond acceptors (Lipinski definition) is 8. The van der Waals surface area contributed by atoms with Crippen molar-refractivity contribution in [3.63, 3.8) is 0 Å². The van der Waals surface area contributed by atoms with E-state index in [2.05, 4.69) is 4.98 Å². The van der Waals surface area contributed by atoms with Gasteiger partial charge in [-0.2, -0.15) is 0 Å². The van der Waals surface area contributed by atoms with Crippen molar-refractivity contribution >= 4 is 23.1 Å². The minimum Gasteiger partial charge on any atom is -0.507 e. The molecule has 1 aliphatic heterocycles. The number of nitro groups is 1. The number of carbonyl (C=O) groups is 2. The van der Waals surface area contributed by atoms with Crippen molar-refractivity contribution < 1.29 is 29.5 Å². The Morgan fingerprint density at radius 1 is 1.20 bits per heavy atom. The van der Waals surface area contributed by atoms with Gasteiger partial charge in [0.2, 0.25) is 0 Å². The molecule has 0 unspecified atom stereocenters. The zero-order chi connectivity index (χ0) is 21.7. The normalized spacial score (nSPS) is 18.0. The van der Waals surface area contributed by atoms with Gasteiger partial charge in [-0.3, -0.25) is 24.7 Å². The Hall–Kier alpha value is -3.63. The molecule has 156 valence electrons. The number of amides is 1. The summed E-state index contributed by atoms with van der Waals surface area (Å²) in [5.74, 6) is -2.11. The first-order valence-electron chi connectivity index (χ1n) is 9.07. The third-order valence-electron chi connectivity index (χ3n) is 4.60. The predicted molar refractivity (Wildman–Crippen MR) is 104 cm³/mol. The lowest BCUT2D eigenvalue weighted by Crippen LogP contribution is -2.33. The molecular weight excluding hydrogens is 394 g/mol. The van der Waals surface area contributed by atoms with E-state index < -0.39 is 28.4 Å². The molecule has 1 atom stereocenters. The molecule has 2 heterocycles. The fraction of sp³-hybridized carbons (Fsp3) is 0.250. The number of aliphatic hydroxyl groups is 2. The van der Waals surface area contributed by atoms with Gasteiger partial charge in [0.25, 0.3) is 17.4 Å². The van der Waals surface area contributed by atoms with E-state index in [1.54, 1.807) is 12.1 Å². The molecule has 1 amide bonds. The van der Waals surface area contributed by atoms with Crippen molar-refractivity contribution in [3.8, 4) is 0 Å². The van der Waals surface area contributed by atoms with E-state index in [1.165, 1.54) is 41.6 Å². The number of ether oxygens (including phenoxy) is 1. The van der Waals surface area contributed by atoms with Gasteiger partial charge >= 0.3 is 0 Å². The number of likely N-dealkylation sites (tertiary alicyclic amines) is 1. The van der Waals surface area contributed by atoms with Gasteiger partial charge in [0.05, 0.1) is 36.4 Å². The van der Waals surface area contributed by atoms with E-state index in [0.29, 0.717) is 5.56 Å². The highest BCUT2D eigenvalue weighted by molar-refractivity contribution is 6.46. The van der Waals surface area contributed by atoms with E-state index >= 15 is 0 Å². The molecule has 10 heteroatoms. The zero-order valence-electron chi connectivity index (χ0n) is 15.8. The average Bonchev–Trinajstić information content (AvgIpc) is 3.01. The highest BCUT2D eigenvalue weighted by Gasteiger charge is 2.46. The first kappa shape index (κ1) is 21.1. The number of carbonyl (C=O) groups excluding carboxylic acids is 2. The summed E-state index contributed by atoms with van der Waals surface area (Å²) in [6.07, 6.45) is 3.03. The van der Waals surface area contributed by atoms with Crippen molar-refractivity contribution in [1.29, 1.82) is 0 Å². The van der Waals surface area contributed by atoms with Gasteiger partial charge in [0, 0.05) is 36.6 Å². The van der Waals surface area contributed by atoms with Crippen molar-refractivity contribution in [2.75, 3.05) is 26.4 Å². The summed E-state index contributed by atoms with van der Waals surface area (Å²) >= 11 is 0. The van der Waals surface area contributed by atoms with Crippen molar-refractivity contribution in [2.45, 2.75) is 6.04 Å². The fourth-order valence-electron chi connectivity index (χ4n) is 3.22. The van der Waals surface area contributed by atoms with Crippen LogP contribution in [0, 0.1) is 10.1 Å². The first-order valence-corrected chi connectivity index (χ1v) is 9.07. The average molecular weight is 413 g/mol. The molecule has 0 spiro atoms. The van der Waals surface area contributed by atoms with Gasteiger partial charge in [0.1, 0.15) is 5.76 Å². The molecule has 3 rings (SSSR count). The summed E-state index contributed by atoms with van der Waals surface area (Å²) in [7, 11) is 0. The van der Waals surface area contributed by atoms with Crippen LogP contribution in [0.25, 0.3) is 5.76 Å². The number of benzene rings is 1. The molecular formula is C20H19N3O7. The monoisotopic (exact) mass is 413 g/mol. The lowest BCUT2D eigenvalue weighted by Gasteiger charge is -2.24. The van der Waals surface area contributed by atoms with Crippen LogP contribution in [-0.2, 0) is 14.3 Å². The predicted octanol–water partition coefficient (Wildman–Crippen LogP) is 1.42. The van der Waals surface area contributed by atoms with E-state index in [-0.39, 0.29) is 43.2 Å². The molecule has 0 saturated carbocycles. The molecule has 2 aromatic rings. The summed E-state index contributed by atoms with van der Waals surface area (Å²) in [5, 5.41) is 30.5. The largest absolute Gasteiger partial charge is 0.507 e. The molecule has 2 N–H and O–H groups in total. The SMILES string of the molecule is O=C1C(=O)N(CCOCCO)[C@@H](c2cccnc2)/C1=C(\O)c1ccc([N+](=O)[O-])cc1. The number of aromatic nitrogens is 1. The van der Waals surface area contributed by atoms with Crippen LogP contribution in [-0.4, -0.2) is 63.1 Å². The topological polar surface area (TPSA) is 143 Å². The van der Waals surface area contributed by atoms with Gasteiger partial charge in [-0.25, -0.2) is 0 Å². The van der Waals surface area contributed by atoms with Crippen LogP contribution < -0.4 is 0 Å². The Balaban J connectivity index is 2.03. The summed E-state index contributed by atoms with van der Waals surface area (Å²) in [6, 6.07) is 7.45. The summed E-state index contributed by atoms with van der Waals surface area (Å²) in [5.41, 5.74) is 0.382. The summed E-state index contributed by atoms with van der Waals surface area (Å²) in [4.78, 5) is 41.0. The number of non-ortho nitro benzene ring substituents is 1. The molecule has 0 aliphatic carbocycles. The Morgan fingerprint density at radius 2 is 1.93 bits per heavy atom. The number of Topliss-reactive ketones (excluding diaryl/α,β-unsaturated/α-hetero) is 1. The second-order valence-corrected chi connectivity index (χ2v) is 6.42. The minimum atomic E-state index is -0.897. The summed E-state index contributed by atoms with van der Waals surface area (Å²) in [6.45, 7) is 0.0539. The lowest BCUT2D eigenvalue weighted by molar-refractivity contribution is -0.384. The third-order valence-corrected chi connectivity index (χ3v) is 4.60. The zero-order valence-corrected chi connectivity index (χ0v) is 15.8. The molecule has 1 fully saturated rings. The van der Waals surface area contributed by atoms with Crippen molar-refractivity contribution in [1.82, 2.24) is 9.88 Å². The van der Waals surface area contributed by atoms with Crippen molar-refractivity contribution in [3.05, 3.63) is 75.6 Å². The number of ketones is 1. The third kappa shape index (κ3) is 4.19. The maximum Gasteiger partial charge on any atom is 0.295 e. The Labute approximate surface area is 171 Å². The molecule has 1 aromatic carbocycles. The van der Waals surface area contributed by atoms with Gasteiger partial charge < -0.3 is 19.8 Å². The summed E-state index contributed by atoms with van der Waals surface area (Å²) < 4.78 is 5.22. The van der Waals surface area contributed by atoms with Gasteiger partial charge in [-0.15, -0.1) is 0 Å².